The van der Waals surface area contributed by atoms with Gasteiger partial charge in [0.1, 0.15) is 11.3 Å². The molecule has 8 N–H and O–H groups in total. The van der Waals surface area contributed by atoms with Gasteiger partial charge >= 0.3 is 13.1 Å². The van der Waals surface area contributed by atoms with Gasteiger partial charge in [-0.2, -0.15) is 0 Å². The molecular weight excluding hydrogens is 353 g/mol. The third kappa shape index (κ3) is 5.67. The maximum Gasteiger partial charge on any atom is 0.451 e. The Morgan fingerprint density at radius 2 is 1.93 bits per heavy atom. The molecule has 0 saturated carbocycles. The van der Waals surface area contributed by atoms with Crippen LogP contribution in [0.5, 0.6) is 5.75 Å². The van der Waals surface area contributed by atoms with Crippen molar-refractivity contribution in [1.82, 2.24) is 4.90 Å². The van der Waals surface area contributed by atoms with Crippen molar-refractivity contribution < 1.29 is 29.9 Å². The van der Waals surface area contributed by atoms with E-state index in [2.05, 4.69) is 0 Å². The first-order valence-corrected chi connectivity index (χ1v) is 8.81. The Morgan fingerprint density at radius 1 is 1.30 bits per heavy atom. The number of carbonyl (C=O) groups is 2. The number of carbonyl (C=O) groups excluding carboxylic acids is 1. The summed E-state index contributed by atoms with van der Waals surface area (Å²) in [6.07, 6.45) is 0.787. The molecule has 1 aliphatic rings. The van der Waals surface area contributed by atoms with Crippen LogP contribution in [0.2, 0.25) is 6.32 Å². The lowest BCUT2D eigenvalue weighted by atomic mass is 9.75. The summed E-state index contributed by atoms with van der Waals surface area (Å²) in [5, 5.41) is 36.9. The van der Waals surface area contributed by atoms with Crippen LogP contribution in [-0.2, 0) is 16.0 Å². The predicted molar refractivity (Wildman–Crippen MR) is 98.6 cm³/mol. The molecule has 0 aromatic heterocycles. The second-order valence-electron chi connectivity index (χ2n) is 7.29. The standard InChI is InChI=1S/C17H26BN3O6/c19-14(7-11-1-3-13(22)4-2-11)15(23)21-9-12(5-6-18(26)27)8-17(20,10-21)16(24)25/h1-4,12,14,22,26-27H,5-10,19-20H2,(H,24,25)/t12-,14-,17+/m0/s1. The summed E-state index contributed by atoms with van der Waals surface area (Å²) >= 11 is 0. The molecule has 0 unspecified atom stereocenters. The van der Waals surface area contributed by atoms with E-state index in [0.29, 0.717) is 6.42 Å². The van der Waals surface area contributed by atoms with Gasteiger partial charge in [-0.15, -0.1) is 0 Å². The Balaban J connectivity index is 2.09. The Morgan fingerprint density at radius 3 is 2.48 bits per heavy atom. The molecule has 27 heavy (non-hydrogen) atoms. The minimum absolute atomic E-state index is 0.0714. The number of nitrogens with zero attached hydrogens (tertiary/aromatic N) is 1. The molecule has 9 nitrogen and oxygen atoms in total. The lowest BCUT2D eigenvalue weighted by Gasteiger charge is -2.42. The fourth-order valence-electron chi connectivity index (χ4n) is 3.47. The molecule has 1 amide bonds. The molecule has 1 aromatic rings. The van der Waals surface area contributed by atoms with Crippen LogP contribution in [0.4, 0.5) is 0 Å². The van der Waals surface area contributed by atoms with Gasteiger partial charge in [-0.3, -0.25) is 9.59 Å². The number of piperidine rings is 1. The van der Waals surface area contributed by atoms with E-state index in [9.17, 15) is 19.8 Å². The second-order valence-corrected chi connectivity index (χ2v) is 7.29. The molecule has 0 spiro atoms. The van der Waals surface area contributed by atoms with E-state index < -0.39 is 30.6 Å². The molecule has 10 heteroatoms. The SMILES string of the molecule is N[C@@H](Cc1ccc(O)cc1)C(=O)N1C[C@@H](CCB(O)O)C[C@](N)(C(=O)O)C1. The van der Waals surface area contributed by atoms with Gasteiger partial charge in [0.25, 0.3) is 0 Å². The highest BCUT2D eigenvalue weighted by molar-refractivity contribution is 6.40. The fourth-order valence-corrected chi connectivity index (χ4v) is 3.47. The van der Waals surface area contributed by atoms with E-state index in [1.165, 1.54) is 17.0 Å². The first-order valence-electron chi connectivity index (χ1n) is 8.81. The monoisotopic (exact) mass is 379 g/mol. The zero-order chi connectivity index (χ0) is 20.2. The third-order valence-electron chi connectivity index (χ3n) is 4.88. The Labute approximate surface area is 157 Å². The van der Waals surface area contributed by atoms with Crippen molar-refractivity contribution in [1.29, 1.82) is 0 Å². The minimum Gasteiger partial charge on any atom is -0.508 e. The van der Waals surface area contributed by atoms with E-state index in [1.807, 2.05) is 0 Å². The van der Waals surface area contributed by atoms with Crippen LogP contribution < -0.4 is 11.5 Å². The summed E-state index contributed by atoms with van der Waals surface area (Å²) in [7, 11) is -1.50. The average molecular weight is 379 g/mol. The van der Waals surface area contributed by atoms with Crippen molar-refractivity contribution in [2.75, 3.05) is 13.1 Å². The zero-order valence-corrected chi connectivity index (χ0v) is 15.0. The van der Waals surface area contributed by atoms with Crippen LogP contribution in [0, 0.1) is 5.92 Å². The third-order valence-corrected chi connectivity index (χ3v) is 4.88. The number of hydrogen-bond donors (Lipinski definition) is 6. The topological polar surface area (TPSA) is 170 Å². The Bertz CT molecular complexity index is 671. The van der Waals surface area contributed by atoms with E-state index in [4.69, 9.17) is 21.5 Å². The lowest BCUT2D eigenvalue weighted by molar-refractivity contribution is -0.149. The molecular formula is C17H26BN3O6. The number of aliphatic carboxylic acids is 1. The number of likely N-dealkylation sites (tertiary alicyclic amines) is 1. The van der Waals surface area contributed by atoms with Crippen molar-refractivity contribution in [3.05, 3.63) is 29.8 Å². The fraction of sp³-hybridized carbons (Fsp3) is 0.529. The van der Waals surface area contributed by atoms with Crippen LogP contribution in [0.15, 0.2) is 24.3 Å². The number of phenolic OH excluding ortho intramolecular Hbond substituents is 1. The second kappa shape index (κ2) is 8.70. The summed E-state index contributed by atoms with van der Waals surface area (Å²) in [6, 6.07) is 5.44. The zero-order valence-electron chi connectivity index (χ0n) is 15.0. The Hall–Kier alpha value is -2.14. The molecule has 1 heterocycles. The average Bonchev–Trinajstić information content (AvgIpc) is 2.60. The van der Waals surface area contributed by atoms with Gasteiger partial charge in [0.2, 0.25) is 5.91 Å². The van der Waals surface area contributed by atoms with Gasteiger partial charge in [0.15, 0.2) is 0 Å². The summed E-state index contributed by atoms with van der Waals surface area (Å²) in [4.78, 5) is 25.7. The van der Waals surface area contributed by atoms with E-state index in [0.717, 1.165) is 5.56 Å². The lowest BCUT2D eigenvalue weighted by Crippen LogP contribution is -2.64. The maximum atomic E-state index is 12.8. The highest BCUT2D eigenvalue weighted by atomic mass is 16.4. The number of carboxylic acids is 1. The van der Waals surface area contributed by atoms with Gasteiger partial charge < -0.3 is 36.6 Å². The van der Waals surface area contributed by atoms with Gasteiger partial charge in [0.05, 0.1) is 6.04 Å². The highest BCUT2D eigenvalue weighted by Gasteiger charge is 2.44. The smallest absolute Gasteiger partial charge is 0.451 e. The Kier molecular flexibility index (Phi) is 6.82. The van der Waals surface area contributed by atoms with Crippen molar-refractivity contribution in [2.24, 2.45) is 17.4 Å². The van der Waals surface area contributed by atoms with Crippen molar-refractivity contribution in [3.63, 3.8) is 0 Å². The van der Waals surface area contributed by atoms with Gasteiger partial charge in [-0.1, -0.05) is 18.6 Å². The minimum atomic E-state index is -1.60. The molecule has 0 radical (unpaired) electrons. The number of carboxylic acid groups (broad SMARTS) is 1. The maximum absolute atomic E-state index is 12.8. The summed E-state index contributed by atoms with van der Waals surface area (Å²) in [5.41, 5.74) is 11.2. The van der Waals surface area contributed by atoms with Crippen molar-refractivity contribution >= 4 is 19.0 Å². The molecule has 148 valence electrons. The van der Waals surface area contributed by atoms with Crippen LogP contribution >= 0.6 is 0 Å². The van der Waals surface area contributed by atoms with Gasteiger partial charge in [0, 0.05) is 13.1 Å². The molecule has 0 aliphatic carbocycles. The highest BCUT2D eigenvalue weighted by Crippen LogP contribution is 2.28. The van der Waals surface area contributed by atoms with Gasteiger partial charge in [-0.25, -0.2) is 0 Å². The number of rotatable bonds is 7. The van der Waals surface area contributed by atoms with Crippen LogP contribution in [0.25, 0.3) is 0 Å². The molecule has 1 fully saturated rings. The number of nitrogens with two attached hydrogens (primary N) is 2. The molecule has 1 aliphatic heterocycles. The van der Waals surface area contributed by atoms with Crippen LogP contribution in [-0.4, -0.2) is 68.8 Å². The number of phenols is 1. The molecule has 1 aromatic carbocycles. The van der Waals surface area contributed by atoms with Crippen molar-refractivity contribution in [2.45, 2.75) is 37.2 Å². The molecule has 3 atom stereocenters. The molecule has 1 saturated heterocycles. The summed E-state index contributed by atoms with van der Waals surface area (Å²) in [6.45, 7) is 0.115. The van der Waals surface area contributed by atoms with E-state index in [1.54, 1.807) is 12.1 Å². The quantitative estimate of drug-likeness (QED) is 0.319. The summed E-state index contributed by atoms with van der Waals surface area (Å²) < 4.78 is 0. The number of hydrogen-bond acceptors (Lipinski definition) is 7. The number of aromatic hydroxyl groups is 1. The summed E-state index contributed by atoms with van der Waals surface area (Å²) in [5.74, 6) is -1.78. The molecule has 0 bridgehead atoms. The van der Waals surface area contributed by atoms with E-state index in [-0.39, 0.29) is 43.9 Å². The normalized spacial score (nSPS) is 23.7. The molecule has 2 rings (SSSR count). The predicted octanol–water partition coefficient (Wildman–Crippen LogP) is -1.24. The first kappa shape index (κ1) is 21.2. The van der Waals surface area contributed by atoms with Crippen molar-refractivity contribution in [3.8, 4) is 5.75 Å². The number of amides is 1. The number of benzene rings is 1. The van der Waals surface area contributed by atoms with Crippen LogP contribution in [0.1, 0.15) is 18.4 Å². The largest absolute Gasteiger partial charge is 0.508 e. The first-order chi connectivity index (χ1) is 12.6. The van der Waals surface area contributed by atoms with E-state index >= 15 is 0 Å². The van der Waals surface area contributed by atoms with Crippen LogP contribution in [0.3, 0.4) is 0 Å². The van der Waals surface area contributed by atoms with Gasteiger partial charge in [-0.05, 0) is 42.8 Å².